The number of carbonyl (C=O) groups is 2. The highest BCUT2D eigenvalue weighted by atomic mass is 16.5. The van der Waals surface area contributed by atoms with E-state index in [0.717, 1.165) is 30.4 Å². The monoisotopic (exact) mass is 425 g/mol. The molecule has 1 N–H and O–H groups in total. The van der Waals surface area contributed by atoms with Crippen LogP contribution >= 0.6 is 0 Å². The van der Waals surface area contributed by atoms with E-state index in [4.69, 9.17) is 4.74 Å². The molecule has 3 rings (SSSR count). The van der Waals surface area contributed by atoms with Crippen LogP contribution in [0.15, 0.2) is 41.2 Å². The van der Waals surface area contributed by atoms with Crippen molar-refractivity contribution in [2.75, 3.05) is 11.9 Å². The molecule has 2 aromatic rings. The number of hydrogen-bond donors (Lipinski definition) is 1. The fourth-order valence-corrected chi connectivity index (χ4v) is 4.10. The molecule has 1 aliphatic carbocycles. The Kier molecular flexibility index (Phi) is 7.98. The third-order valence-corrected chi connectivity index (χ3v) is 5.84. The minimum Gasteiger partial charge on any atom is -0.461 e. The van der Waals surface area contributed by atoms with Crippen LogP contribution in [0.25, 0.3) is 5.69 Å². The van der Waals surface area contributed by atoms with E-state index in [1.165, 1.54) is 25.3 Å². The highest BCUT2D eigenvalue weighted by Gasteiger charge is 2.28. The second-order valence-electron chi connectivity index (χ2n) is 8.06. The lowest BCUT2D eigenvalue weighted by Crippen LogP contribution is -2.31. The molecule has 1 amide bonds. The van der Waals surface area contributed by atoms with E-state index in [1.54, 1.807) is 31.2 Å². The van der Waals surface area contributed by atoms with Crippen molar-refractivity contribution in [3.05, 3.63) is 52.4 Å². The second kappa shape index (κ2) is 10.9. The van der Waals surface area contributed by atoms with Gasteiger partial charge >= 0.3 is 5.97 Å². The normalized spacial score (nSPS) is 18.4. The fourth-order valence-electron chi connectivity index (χ4n) is 4.10. The third-order valence-electron chi connectivity index (χ3n) is 5.84. The van der Waals surface area contributed by atoms with Gasteiger partial charge in [0, 0.05) is 12.0 Å². The molecule has 1 aliphatic rings. The number of anilines is 1. The Morgan fingerprint density at radius 3 is 2.48 bits per heavy atom. The first-order valence-electron chi connectivity index (χ1n) is 11.2. The van der Waals surface area contributed by atoms with Gasteiger partial charge in [0.25, 0.3) is 5.56 Å². The summed E-state index contributed by atoms with van der Waals surface area (Å²) >= 11 is 0. The molecule has 1 saturated carbocycles. The Labute approximate surface area is 182 Å². The van der Waals surface area contributed by atoms with E-state index in [-0.39, 0.29) is 29.8 Å². The van der Waals surface area contributed by atoms with Crippen LogP contribution in [0, 0.1) is 11.8 Å². The molecular formula is C24H31N3O4. The molecule has 1 heterocycles. The number of amides is 1. The molecule has 7 heteroatoms. The maximum atomic E-state index is 12.9. The van der Waals surface area contributed by atoms with Crippen molar-refractivity contribution in [3.63, 3.8) is 0 Å². The van der Waals surface area contributed by atoms with E-state index in [9.17, 15) is 14.4 Å². The molecule has 7 nitrogen and oxygen atoms in total. The van der Waals surface area contributed by atoms with Gasteiger partial charge < -0.3 is 10.1 Å². The highest BCUT2D eigenvalue weighted by Crippen LogP contribution is 2.32. The van der Waals surface area contributed by atoms with Crippen LogP contribution < -0.4 is 10.9 Å². The lowest BCUT2D eigenvalue weighted by molar-refractivity contribution is -0.121. The molecule has 0 saturated heterocycles. The van der Waals surface area contributed by atoms with Crippen molar-refractivity contribution in [1.82, 2.24) is 9.78 Å². The molecule has 166 valence electrons. The van der Waals surface area contributed by atoms with Gasteiger partial charge in [0.2, 0.25) is 5.91 Å². The van der Waals surface area contributed by atoms with E-state index in [0.29, 0.717) is 11.6 Å². The van der Waals surface area contributed by atoms with Crippen molar-refractivity contribution < 1.29 is 14.3 Å². The summed E-state index contributed by atoms with van der Waals surface area (Å²) in [7, 11) is 0. The zero-order valence-electron chi connectivity index (χ0n) is 18.3. The summed E-state index contributed by atoms with van der Waals surface area (Å²) in [6, 6.07) is 10.1. The summed E-state index contributed by atoms with van der Waals surface area (Å²) in [6.45, 7) is 4.06. The molecule has 0 aliphatic heterocycles. The first kappa shape index (κ1) is 22.7. The Morgan fingerprint density at radius 1 is 1.13 bits per heavy atom. The van der Waals surface area contributed by atoms with Crippen molar-refractivity contribution in [1.29, 1.82) is 0 Å². The smallest absolute Gasteiger partial charge is 0.360 e. The number of rotatable bonds is 8. The van der Waals surface area contributed by atoms with E-state index >= 15 is 0 Å². The molecule has 0 spiro atoms. The molecule has 0 bridgehead atoms. The van der Waals surface area contributed by atoms with Crippen LogP contribution in [-0.2, 0) is 9.53 Å². The number of ether oxygens (including phenoxy) is 1. The largest absolute Gasteiger partial charge is 0.461 e. The van der Waals surface area contributed by atoms with Gasteiger partial charge in [0.05, 0.1) is 18.0 Å². The van der Waals surface area contributed by atoms with E-state index < -0.39 is 11.5 Å². The van der Waals surface area contributed by atoms with Gasteiger partial charge in [-0.15, -0.1) is 0 Å². The van der Waals surface area contributed by atoms with Gasteiger partial charge in [-0.05, 0) is 50.7 Å². The lowest BCUT2D eigenvalue weighted by atomic mass is 9.79. The van der Waals surface area contributed by atoms with Gasteiger partial charge in [-0.3, -0.25) is 9.59 Å². The van der Waals surface area contributed by atoms with E-state index in [2.05, 4.69) is 17.3 Å². The second-order valence-corrected chi connectivity index (χ2v) is 8.06. The first-order chi connectivity index (χ1) is 15.0. The van der Waals surface area contributed by atoms with Crippen molar-refractivity contribution in [2.45, 2.75) is 58.8 Å². The molecule has 0 atom stereocenters. The van der Waals surface area contributed by atoms with E-state index in [1.807, 2.05) is 6.07 Å². The summed E-state index contributed by atoms with van der Waals surface area (Å²) in [5.74, 6) is -0.274. The zero-order valence-corrected chi connectivity index (χ0v) is 18.3. The number of para-hydroxylation sites is 1. The maximum Gasteiger partial charge on any atom is 0.360 e. The highest BCUT2D eigenvalue weighted by molar-refractivity contribution is 6.00. The van der Waals surface area contributed by atoms with Crippen LogP contribution in [0.5, 0.6) is 0 Å². The molecule has 0 unspecified atom stereocenters. The Morgan fingerprint density at radius 2 is 1.84 bits per heavy atom. The predicted molar refractivity (Wildman–Crippen MR) is 119 cm³/mol. The number of hydrogen-bond acceptors (Lipinski definition) is 5. The minimum atomic E-state index is -0.675. The predicted octanol–water partition coefficient (Wildman–Crippen LogP) is 4.34. The molecule has 0 radical (unpaired) electrons. The van der Waals surface area contributed by atoms with Gasteiger partial charge in [0.15, 0.2) is 5.69 Å². The van der Waals surface area contributed by atoms with Crippen LogP contribution in [-0.4, -0.2) is 28.3 Å². The van der Waals surface area contributed by atoms with Crippen LogP contribution in [0.2, 0.25) is 0 Å². The summed E-state index contributed by atoms with van der Waals surface area (Å²) < 4.78 is 6.25. The topological polar surface area (TPSA) is 90.3 Å². The van der Waals surface area contributed by atoms with Gasteiger partial charge in [-0.1, -0.05) is 44.4 Å². The average molecular weight is 426 g/mol. The average Bonchev–Trinajstić information content (AvgIpc) is 2.79. The van der Waals surface area contributed by atoms with Crippen LogP contribution in [0.4, 0.5) is 5.69 Å². The third kappa shape index (κ3) is 5.81. The number of aromatic nitrogens is 2. The Balaban J connectivity index is 1.80. The number of unbranched alkanes of at least 4 members (excludes halogenated alkanes) is 1. The molecular weight excluding hydrogens is 394 g/mol. The Hall–Kier alpha value is -2.96. The van der Waals surface area contributed by atoms with Crippen molar-refractivity contribution >= 4 is 17.6 Å². The molecule has 31 heavy (non-hydrogen) atoms. The first-order valence-corrected chi connectivity index (χ1v) is 11.2. The zero-order chi connectivity index (χ0) is 22.2. The molecule has 1 fully saturated rings. The summed E-state index contributed by atoms with van der Waals surface area (Å²) in [6.07, 6.45) is 7.37. The number of carbonyl (C=O) groups excluding carboxylic acids is 2. The number of benzene rings is 1. The minimum absolute atomic E-state index is 0.0738. The standard InChI is InChI=1S/C24H31N3O4/c1-3-5-9-17-12-14-18(15-13-17)23(29)25-20-16-21(28)27(19-10-7-6-8-11-19)26-22(20)24(30)31-4-2/h6-8,10-11,16-18H,3-5,9,12-15H2,1-2H3,(H,25,29). The molecule has 1 aromatic carbocycles. The number of nitrogens with zero attached hydrogens (tertiary/aromatic N) is 2. The van der Waals surface area contributed by atoms with Gasteiger partial charge in [0.1, 0.15) is 0 Å². The van der Waals surface area contributed by atoms with Gasteiger partial charge in [-0.25, -0.2) is 4.79 Å². The summed E-state index contributed by atoms with van der Waals surface area (Å²) in [5, 5.41) is 7.00. The van der Waals surface area contributed by atoms with Crippen LogP contribution in [0.3, 0.4) is 0 Å². The SMILES string of the molecule is CCCCC1CCC(C(=O)Nc2cc(=O)n(-c3ccccc3)nc2C(=O)OCC)CC1. The maximum absolute atomic E-state index is 12.9. The number of nitrogens with one attached hydrogen (secondary N) is 1. The van der Waals surface area contributed by atoms with Gasteiger partial charge in [-0.2, -0.15) is 9.78 Å². The summed E-state index contributed by atoms with van der Waals surface area (Å²) in [4.78, 5) is 38.1. The fraction of sp³-hybridized carbons (Fsp3) is 0.500. The lowest BCUT2D eigenvalue weighted by Gasteiger charge is -2.27. The summed E-state index contributed by atoms with van der Waals surface area (Å²) in [5.41, 5.74) is 0.128. The van der Waals surface area contributed by atoms with Crippen molar-refractivity contribution in [2.24, 2.45) is 11.8 Å². The number of esters is 1. The van der Waals surface area contributed by atoms with Crippen LogP contribution in [0.1, 0.15) is 69.3 Å². The van der Waals surface area contributed by atoms with Crippen molar-refractivity contribution in [3.8, 4) is 5.69 Å². The quantitative estimate of drug-likeness (QED) is 0.635. The molecule has 1 aromatic heterocycles. The Bertz CT molecular complexity index is 947.